The van der Waals surface area contributed by atoms with Gasteiger partial charge in [-0.2, -0.15) is 0 Å². The van der Waals surface area contributed by atoms with Crippen LogP contribution >= 0.6 is 0 Å². The number of esters is 1. The first kappa shape index (κ1) is 16.3. The number of likely N-dealkylation sites (tertiary alicyclic amines) is 1. The van der Waals surface area contributed by atoms with E-state index in [4.69, 9.17) is 9.47 Å². The summed E-state index contributed by atoms with van der Waals surface area (Å²) in [5, 5.41) is 2.02. The first-order valence-corrected chi connectivity index (χ1v) is 8.14. The van der Waals surface area contributed by atoms with E-state index >= 15 is 0 Å². The van der Waals surface area contributed by atoms with Crippen molar-refractivity contribution < 1.29 is 19.1 Å². The average molecular weight is 327 g/mol. The van der Waals surface area contributed by atoms with Crippen LogP contribution in [0.2, 0.25) is 0 Å². The van der Waals surface area contributed by atoms with Gasteiger partial charge in [-0.25, -0.2) is 4.79 Å². The lowest BCUT2D eigenvalue weighted by Gasteiger charge is -2.26. The average Bonchev–Trinajstić information content (AvgIpc) is 3.10. The Labute approximate surface area is 141 Å². The van der Waals surface area contributed by atoms with Gasteiger partial charge in [0.05, 0.1) is 7.11 Å². The normalized spacial score (nSPS) is 18.4. The molecule has 0 radical (unpaired) electrons. The molecule has 2 atom stereocenters. The van der Waals surface area contributed by atoms with Crippen LogP contribution in [0, 0.1) is 0 Å². The van der Waals surface area contributed by atoms with Crippen molar-refractivity contribution in [2.45, 2.75) is 31.9 Å². The molecule has 1 saturated heterocycles. The molecular formula is C19H21NO4. The molecule has 0 aliphatic carbocycles. The predicted molar refractivity (Wildman–Crippen MR) is 90.8 cm³/mol. The highest BCUT2D eigenvalue weighted by Gasteiger charge is 2.37. The van der Waals surface area contributed by atoms with E-state index in [-0.39, 0.29) is 11.9 Å². The number of carbonyl (C=O) groups is 2. The van der Waals surface area contributed by atoms with E-state index in [0.717, 1.165) is 17.2 Å². The van der Waals surface area contributed by atoms with Crippen LogP contribution in [-0.2, 0) is 14.3 Å². The lowest BCUT2D eigenvalue weighted by atomic mass is 10.1. The zero-order valence-corrected chi connectivity index (χ0v) is 13.9. The zero-order valence-electron chi connectivity index (χ0n) is 13.9. The summed E-state index contributed by atoms with van der Waals surface area (Å²) in [6.07, 6.45) is 0.771. The molecule has 0 N–H and O–H groups in total. The van der Waals surface area contributed by atoms with Gasteiger partial charge in [0.25, 0.3) is 5.91 Å². The molecule has 2 aromatic carbocycles. The van der Waals surface area contributed by atoms with Gasteiger partial charge in [0.1, 0.15) is 11.8 Å². The number of nitrogens with zero attached hydrogens (tertiary/aromatic N) is 1. The van der Waals surface area contributed by atoms with E-state index in [2.05, 4.69) is 0 Å². The minimum absolute atomic E-state index is 0.184. The summed E-state index contributed by atoms with van der Waals surface area (Å²) in [6.45, 7) is 2.28. The maximum absolute atomic E-state index is 12.7. The number of methoxy groups -OCH3 is 1. The Hall–Kier alpha value is -2.56. The quantitative estimate of drug-likeness (QED) is 0.810. The smallest absolute Gasteiger partial charge is 0.328 e. The van der Waals surface area contributed by atoms with Gasteiger partial charge in [-0.3, -0.25) is 4.79 Å². The van der Waals surface area contributed by atoms with Gasteiger partial charge in [0.2, 0.25) is 0 Å². The third kappa shape index (κ3) is 3.07. The molecule has 0 spiro atoms. The number of rotatable bonds is 4. The Balaban J connectivity index is 1.77. The van der Waals surface area contributed by atoms with Crippen molar-refractivity contribution in [3.05, 3.63) is 42.5 Å². The fourth-order valence-corrected chi connectivity index (χ4v) is 3.18. The Kier molecular flexibility index (Phi) is 4.69. The highest BCUT2D eigenvalue weighted by Crippen LogP contribution is 2.27. The van der Waals surface area contributed by atoms with E-state index in [1.807, 2.05) is 42.5 Å². The number of hydrogen-bond acceptors (Lipinski definition) is 4. The summed E-state index contributed by atoms with van der Waals surface area (Å²) in [4.78, 5) is 26.1. The molecule has 1 fully saturated rings. The van der Waals surface area contributed by atoms with Crippen LogP contribution in [0.25, 0.3) is 10.8 Å². The standard InChI is InChI=1S/C19H21NO4/c1-13(18(21)20-12-6-10-16(20)19(22)23-2)24-17-11-5-8-14-7-3-4-9-15(14)17/h3-5,7-9,11,13,16H,6,10,12H2,1-2H3/t13?,16-/m0/s1. The molecule has 1 unspecified atom stereocenters. The molecule has 1 aliphatic rings. The molecule has 1 heterocycles. The molecule has 0 bridgehead atoms. The van der Waals surface area contributed by atoms with Crippen LogP contribution in [0.4, 0.5) is 0 Å². The van der Waals surface area contributed by atoms with E-state index in [1.165, 1.54) is 7.11 Å². The molecule has 5 nitrogen and oxygen atoms in total. The van der Waals surface area contributed by atoms with Crippen molar-refractivity contribution >= 4 is 22.6 Å². The Morgan fingerprint density at radius 1 is 1.17 bits per heavy atom. The summed E-state index contributed by atoms with van der Waals surface area (Å²) in [5.74, 6) is 0.122. The first-order valence-electron chi connectivity index (χ1n) is 8.14. The fourth-order valence-electron chi connectivity index (χ4n) is 3.18. The molecule has 1 amide bonds. The maximum Gasteiger partial charge on any atom is 0.328 e. The molecule has 5 heteroatoms. The third-order valence-corrected chi connectivity index (χ3v) is 4.41. The van der Waals surface area contributed by atoms with E-state index in [1.54, 1.807) is 11.8 Å². The van der Waals surface area contributed by atoms with Crippen molar-refractivity contribution in [2.75, 3.05) is 13.7 Å². The second-order valence-corrected chi connectivity index (χ2v) is 5.95. The van der Waals surface area contributed by atoms with E-state index in [9.17, 15) is 9.59 Å². The van der Waals surface area contributed by atoms with Gasteiger partial charge in [0.15, 0.2) is 6.10 Å². The number of fused-ring (bicyclic) bond motifs is 1. The molecule has 3 rings (SSSR count). The van der Waals surface area contributed by atoms with Gasteiger partial charge in [-0.1, -0.05) is 36.4 Å². The lowest BCUT2D eigenvalue weighted by Crippen LogP contribution is -2.46. The summed E-state index contributed by atoms with van der Waals surface area (Å²) >= 11 is 0. The summed E-state index contributed by atoms with van der Waals surface area (Å²) in [6, 6.07) is 13.1. The Morgan fingerprint density at radius 3 is 2.71 bits per heavy atom. The Morgan fingerprint density at radius 2 is 1.92 bits per heavy atom. The third-order valence-electron chi connectivity index (χ3n) is 4.41. The molecule has 1 aliphatic heterocycles. The molecule has 0 aromatic heterocycles. The predicted octanol–water partition coefficient (Wildman–Crippen LogP) is 2.77. The monoisotopic (exact) mass is 327 g/mol. The second kappa shape index (κ2) is 6.91. The van der Waals surface area contributed by atoms with Crippen molar-refractivity contribution in [1.82, 2.24) is 4.90 Å². The van der Waals surface area contributed by atoms with E-state index in [0.29, 0.717) is 18.7 Å². The summed E-state index contributed by atoms with van der Waals surface area (Å²) in [7, 11) is 1.35. The van der Waals surface area contributed by atoms with Crippen LogP contribution in [0.3, 0.4) is 0 Å². The number of hydrogen-bond donors (Lipinski definition) is 0. The SMILES string of the molecule is COC(=O)[C@@H]1CCCN1C(=O)C(C)Oc1cccc2ccccc12. The topological polar surface area (TPSA) is 55.8 Å². The van der Waals surface area contributed by atoms with Gasteiger partial charge >= 0.3 is 5.97 Å². The zero-order chi connectivity index (χ0) is 17.1. The van der Waals surface area contributed by atoms with Crippen LogP contribution < -0.4 is 4.74 Å². The number of carbonyl (C=O) groups excluding carboxylic acids is 2. The molecule has 24 heavy (non-hydrogen) atoms. The van der Waals surface area contributed by atoms with E-state index < -0.39 is 12.1 Å². The fraction of sp³-hybridized carbons (Fsp3) is 0.368. The molecule has 0 saturated carbocycles. The van der Waals surface area contributed by atoms with Crippen molar-refractivity contribution in [1.29, 1.82) is 0 Å². The largest absolute Gasteiger partial charge is 0.480 e. The van der Waals surface area contributed by atoms with Crippen LogP contribution in [0.5, 0.6) is 5.75 Å². The number of ether oxygens (including phenoxy) is 2. The van der Waals surface area contributed by atoms with Crippen LogP contribution in [0.1, 0.15) is 19.8 Å². The van der Waals surface area contributed by atoms with Crippen molar-refractivity contribution in [3.8, 4) is 5.75 Å². The minimum Gasteiger partial charge on any atom is -0.480 e. The van der Waals surface area contributed by atoms with Gasteiger partial charge in [-0.15, -0.1) is 0 Å². The van der Waals surface area contributed by atoms with Gasteiger partial charge in [-0.05, 0) is 31.2 Å². The second-order valence-electron chi connectivity index (χ2n) is 5.95. The lowest BCUT2D eigenvalue weighted by molar-refractivity contribution is -0.153. The first-order chi connectivity index (χ1) is 11.6. The van der Waals surface area contributed by atoms with Gasteiger partial charge in [0, 0.05) is 11.9 Å². The van der Waals surface area contributed by atoms with Crippen LogP contribution in [0.15, 0.2) is 42.5 Å². The summed E-state index contributed by atoms with van der Waals surface area (Å²) < 4.78 is 10.7. The van der Waals surface area contributed by atoms with Crippen molar-refractivity contribution in [2.24, 2.45) is 0 Å². The molecule has 126 valence electrons. The number of amides is 1. The highest BCUT2D eigenvalue weighted by atomic mass is 16.5. The van der Waals surface area contributed by atoms with Crippen LogP contribution in [-0.4, -0.2) is 42.6 Å². The van der Waals surface area contributed by atoms with Gasteiger partial charge < -0.3 is 14.4 Å². The number of benzene rings is 2. The van der Waals surface area contributed by atoms with Crippen molar-refractivity contribution in [3.63, 3.8) is 0 Å². The Bertz CT molecular complexity index is 753. The highest BCUT2D eigenvalue weighted by molar-refractivity contribution is 5.90. The minimum atomic E-state index is -0.666. The summed E-state index contributed by atoms with van der Waals surface area (Å²) in [5.41, 5.74) is 0. The molecular weight excluding hydrogens is 306 g/mol. The maximum atomic E-state index is 12.7. The molecule has 2 aromatic rings.